The lowest BCUT2D eigenvalue weighted by atomic mass is 9.98. The largest absolute Gasteiger partial charge is 0.323 e. The van der Waals surface area contributed by atoms with Crippen molar-refractivity contribution in [3.63, 3.8) is 0 Å². The summed E-state index contributed by atoms with van der Waals surface area (Å²) in [7, 11) is 0. The number of rotatable bonds is 0. The average molecular weight is 215 g/mol. The first kappa shape index (κ1) is 9.93. The standard InChI is InChI=1S/C10H11F2NS/c1-5-10(13)6-2-3-8(11)9(12)7(6)4-14-5/h2-3,5,10H,4,13H2,1H3. The van der Waals surface area contributed by atoms with Crippen molar-refractivity contribution in [1.82, 2.24) is 0 Å². The van der Waals surface area contributed by atoms with Gasteiger partial charge in [0.1, 0.15) is 0 Å². The number of thioether (sulfide) groups is 1. The molecule has 1 aromatic carbocycles. The van der Waals surface area contributed by atoms with E-state index >= 15 is 0 Å². The SMILES string of the molecule is CC1SCc2c(ccc(F)c2F)C1N. The van der Waals surface area contributed by atoms with Crippen LogP contribution in [0.1, 0.15) is 24.1 Å². The molecule has 2 unspecified atom stereocenters. The second-order valence-electron chi connectivity index (χ2n) is 3.47. The molecule has 1 aliphatic rings. The molecule has 1 aliphatic heterocycles. The summed E-state index contributed by atoms with van der Waals surface area (Å²) in [6.07, 6.45) is 0. The minimum atomic E-state index is -0.786. The zero-order valence-electron chi connectivity index (χ0n) is 7.76. The Labute approximate surface area is 85.7 Å². The van der Waals surface area contributed by atoms with E-state index in [1.165, 1.54) is 0 Å². The number of halogens is 2. The van der Waals surface area contributed by atoms with Gasteiger partial charge in [0.15, 0.2) is 11.6 Å². The first-order valence-corrected chi connectivity index (χ1v) is 5.50. The molecular weight excluding hydrogens is 204 g/mol. The van der Waals surface area contributed by atoms with E-state index in [-0.39, 0.29) is 11.3 Å². The Balaban J connectivity index is 2.53. The van der Waals surface area contributed by atoms with E-state index in [0.717, 1.165) is 11.6 Å². The van der Waals surface area contributed by atoms with Crippen molar-refractivity contribution in [2.24, 2.45) is 5.73 Å². The second-order valence-corrected chi connectivity index (χ2v) is 4.84. The molecule has 0 saturated carbocycles. The van der Waals surface area contributed by atoms with Gasteiger partial charge in [-0.05, 0) is 11.6 Å². The minimum absolute atomic E-state index is 0.196. The Morgan fingerprint density at radius 1 is 1.43 bits per heavy atom. The molecule has 1 heterocycles. The highest BCUT2D eigenvalue weighted by atomic mass is 32.2. The summed E-state index contributed by atoms with van der Waals surface area (Å²) in [5.41, 5.74) is 7.08. The van der Waals surface area contributed by atoms with Crippen molar-refractivity contribution >= 4 is 11.8 Å². The van der Waals surface area contributed by atoms with Crippen molar-refractivity contribution in [3.8, 4) is 0 Å². The summed E-state index contributed by atoms with van der Waals surface area (Å²) in [6.45, 7) is 2.00. The van der Waals surface area contributed by atoms with Gasteiger partial charge in [0.25, 0.3) is 0 Å². The monoisotopic (exact) mass is 215 g/mol. The van der Waals surface area contributed by atoms with Gasteiger partial charge in [-0.25, -0.2) is 8.78 Å². The van der Waals surface area contributed by atoms with Crippen LogP contribution in [0.3, 0.4) is 0 Å². The Morgan fingerprint density at radius 2 is 2.14 bits per heavy atom. The summed E-state index contributed by atoms with van der Waals surface area (Å²) in [5.74, 6) is -1.02. The molecule has 0 aromatic heterocycles. The van der Waals surface area contributed by atoms with Gasteiger partial charge in [0.05, 0.1) is 0 Å². The van der Waals surface area contributed by atoms with Crippen molar-refractivity contribution in [2.75, 3.05) is 0 Å². The van der Waals surface area contributed by atoms with E-state index in [1.807, 2.05) is 6.92 Å². The lowest BCUT2D eigenvalue weighted by Crippen LogP contribution is -2.26. The molecule has 76 valence electrons. The van der Waals surface area contributed by atoms with Crippen LogP contribution in [0.4, 0.5) is 8.78 Å². The van der Waals surface area contributed by atoms with Gasteiger partial charge >= 0.3 is 0 Å². The summed E-state index contributed by atoms with van der Waals surface area (Å²) in [5, 5.41) is 0.257. The maximum absolute atomic E-state index is 13.3. The van der Waals surface area contributed by atoms with Crippen LogP contribution in [-0.2, 0) is 5.75 Å². The molecule has 0 radical (unpaired) electrons. The number of hydrogen-bond donors (Lipinski definition) is 1. The van der Waals surface area contributed by atoms with Crippen LogP contribution in [0.5, 0.6) is 0 Å². The highest BCUT2D eigenvalue weighted by Crippen LogP contribution is 2.37. The zero-order valence-corrected chi connectivity index (χ0v) is 8.57. The van der Waals surface area contributed by atoms with Gasteiger partial charge in [-0.3, -0.25) is 0 Å². The number of hydrogen-bond acceptors (Lipinski definition) is 2. The van der Waals surface area contributed by atoms with Gasteiger partial charge in [0, 0.05) is 22.6 Å². The predicted molar refractivity (Wildman–Crippen MR) is 54.0 cm³/mol. The van der Waals surface area contributed by atoms with Crippen molar-refractivity contribution in [2.45, 2.75) is 24.0 Å². The lowest BCUT2D eigenvalue weighted by molar-refractivity contribution is 0.496. The summed E-state index contributed by atoms with van der Waals surface area (Å²) < 4.78 is 26.2. The third kappa shape index (κ3) is 1.42. The quantitative estimate of drug-likeness (QED) is 0.720. The maximum Gasteiger partial charge on any atom is 0.163 e. The van der Waals surface area contributed by atoms with E-state index in [2.05, 4.69) is 0 Å². The van der Waals surface area contributed by atoms with Crippen molar-refractivity contribution in [1.29, 1.82) is 0 Å². The van der Waals surface area contributed by atoms with Crippen LogP contribution in [0, 0.1) is 11.6 Å². The Hall–Kier alpha value is -0.610. The van der Waals surface area contributed by atoms with E-state index in [0.29, 0.717) is 11.3 Å². The molecule has 2 rings (SSSR count). The molecule has 2 N–H and O–H groups in total. The molecule has 4 heteroatoms. The second kappa shape index (κ2) is 3.51. The number of benzene rings is 1. The van der Waals surface area contributed by atoms with Gasteiger partial charge in [-0.15, -0.1) is 0 Å². The first-order valence-electron chi connectivity index (χ1n) is 4.45. The van der Waals surface area contributed by atoms with Crippen LogP contribution < -0.4 is 5.73 Å². The molecule has 0 spiro atoms. The van der Waals surface area contributed by atoms with Crippen LogP contribution in [0.15, 0.2) is 12.1 Å². The van der Waals surface area contributed by atoms with Gasteiger partial charge in [0.2, 0.25) is 0 Å². The topological polar surface area (TPSA) is 26.0 Å². The average Bonchev–Trinajstić information content (AvgIpc) is 2.17. The molecule has 14 heavy (non-hydrogen) atoms. The van der Waals surface area contributed by atoms with Crippen molar-refractivity contribution in [3.05, 3.63) is 34.9 Å². The molecule has 2 atom stereocenters. The Morgan fingerprint density at radius 3 is 2.86 bits per heavy atom. The van der Waals surface area contributed by atoms with E-state index in [4.69, 9.17) is 5.73 Å². The number of nitrogens with two attached hydrogens (primary N) is 1. The first-order chi connectivity index (χ1) is 6.61. The minimum Gasteiger partial charge on any atom is -0.323 e. The fourth-order valence-electron chi connectivity index (χ4n) is 1.64. The molecule has 0 amide bonds. The van der Waals surface area contributed by atoms with Gasteiger partial charge < -0.3 is 5.73 Å². The van der Waals surface area contributed by atoms with Crippen molar-refractivity contribution < 1.29 is 8.78 Å². The molecule has 0 fully saturated rings. The maximum atomic E-state index is 13.3. The van der Waals surface area contributed by atoms with Crippen LogP contribution in [0.25, 0.3) is 0 Å². The molecule has 0 bridgehead atoms. The fourth-order valence-corrected chi connectivity index (χ4v) is 2.71. The van der Waals surface area contributed by atoms with E-state index in [9.17, 15) is 8.78 Å². The summed E-state index contributed by atoms with van der Waals surface area (Å²) >= 11 is 1.56. The summed E-state index contributed by atoms with van der Waals surface area (Å²) in [6, 6.07) is 2.55. The molecule has 1 aromatic rings. The van der Waals surface area contributed by atoms with Gasteiger partial charge in [-0.1, -0.05) is 13.0 Å². The Bertz CT molecular complexity index is 367. The van der Waals surface area contributed by atoms with Gasteiger partial charge in [-0.2, -0.15) is 11.8 Å². The third-order valence-electron chi connectivity index (χ3n) is 2.59. The zero-order chi connectivity index (χ0) is 10.3. The molecular formula is C10H11F2NS. The predicted octanol–water partition coefficient (Wildman–Crippen LogP) is 2.60. The summed E-state index contributed by atoms with van der Waals surface area (Å²) in [4.78, 5) is 0. The smallest absolute Gasteiger partial charge is 0.163 e. The van der Waals surface area contributed by atoms with Crippen LogP contribution in [0.2, 0.25) is 0 Å². The van der Waals surface area contributed by atoms with Crippen LogP contribution in [-0.4, -0.2) is 5.25 Å². The molecule has 0 saturated heterocycles. The lowest BCUT2D eigenvalue weighted by Gasteiger charge is -2.28. The van der Waals surface area contributed by atoms with E-state index in [1.54, 1.807) is 17.8 Å². The Kier molecular flexibility index (Phi) is 2.49. The molecule has 1 nitrogen and oxygen atoms in total. The highest BCUT2D eigenvalue weighted by Gasteiger charge is 2.27. The third-order valence-corrected chi connectivity index (χ3v) is 3.86. The number of fused-ring (bicyclic) bond motifs is 1. The fraction of sp³-hybridized carbons (Fsp3) is 0.400. The van der Waals surface area contributed by atoms with Crippen LogP contribution >= 0.6 is 11.8 Å². The molecule has 0 aliphatic carbocycles. The highest BCUT2D eigenvalue weighted by molar-refractivity contribution is 7.99. The van der Waals surface area contributed by atoms with E-state index < -0.39 is 11.6 Å². The normalized spacial score (nSPS) is 26.0.